The number of methoxy groups -OCH3 is 1. The Morgan fingerprint density at radius 2 is 1.76 bits per heavy atom. The van der Waals surface area contributed by atoms with Gasteiger partial charge in [0, 0.05) is 12.6 Å². The molecule has 4 heteroatoms. The standard InChI is InChI=1S/C17H28N2O2/c1-12(2)10-11-18-17(20)14(4)19-13(3)15-6-8-16(21-5)9-7-15/h6-9,12-14,19H,10-11H2,1-5H3,(H,18,20)/t13-,14?/m1/s1. The van der Waals surface area contributed by atoms with Crippen molar-refractivity contribution in [1.82, 2.24) is 10.6 Å². The minimum absolute atomic E-state index is 0.0519. The molecule has 0 saturated carbocycles. The third kappa shape index (κ3) is 6.17. The largest absolute Gasteiger partial charge is 0.497 e. The summed E-state index contributed by atoms with van der Waals surface area (Å²) in [6.45, 7) is 8.99. The molecule has 0 fully saturated rings. The average Bonchev–Trinajstić information content (AvgIpc) is 2.46. The van der Waals surface area contributed by atoms with Crippen LogP contribution in [-0.2, 0) is 4.79 Å². The molecule has 1 aromatic carbocycles. The van der Waals surface area contributed by atoms with Gasteiger partial charge in [-0.05, 0) is 43.9 Å². The van der Waals surface area contributed by atoms with E-state index in [4.69, 9.17) is 4.74 Å². The lowest BCUT2D eigenvalue weighted by molar-refractivity contribution is -0.122. The van der Waals surface area contributed by atoms with Gasteiger partial charge in [0.2, 0.25) is 5.91 Å². The van der Waals surface area contributed by atoms with E-state index in [0.717, 1.165) is 24.3 Å². The first-order chi connectivity index (χ1) is 9.93. The van der Waals surface area contributed by atoms with E-state index in [-0.39, 0.29) is 18.0 Å². The number of nitrogens with one attached hydrogen (secondary N) is 2. The Morgan fingerprint density at radius 3 is 2.29 bits per heavy atom. The summed E-state index contributed by atoms with van der Waals surface area (Å²) in [4.78, 5) is 12.0. The fraction of sp³-hybridized carbons (Fsp3) is 0.588. The normalized spacial score (nSPS) is 13.8. The Bertz CT molecular complexity index is 429. The lowest BCUT2D eigenvalue weighted by atomic mass is 10.1. The molecular formula is C17H28N2O2. The van der Waals surface area contributed by atoms with Crippen molar-refractivity contribution < 1.29 is 9.53 Å². The van der Waals surface area contributed by atoms with Crippen LogP contribution in [0, 0.1) is 5.92 Å². The van der Waals surface area contributed by atoms with Crippen molar-refractivity contribution in [3.05, 3.63) is 29.8 Å². The molecule has 0 saturated heterocycles. The van der Waals surface area contributed by atoms with E-state index in [1.807, 2.05) is 31.2 Å². The number of amides is 1. The van der Waals surface area contributed by atoms with Crippen LogP contribution in [0.4, 0.5) is 0 Å². The van der Waals surface area contributed by atoms with E-state index in [9.17, 15) is 4.79 Å². The monoisotopic (exact) mass is 292 g/mol. The van der Waals surface area contributed by atoms with Crippen LogP contribution in [0.25, 0.3) is 0 Å². The predicted molar refractivity (Wildman–Crippen MR) is 86.5 cm³/mol. The second-order valence-corrected chi connectivity index (χ2v) is 5.86. The van der Waals surface area contributed by atoms with Gasteiger partial charge in [-0.2, -0.15) is 0 Å². The number of ether oxygens (including phenoxy) is 1. The zero-order valence-electron chi connectivity index (χ0n) is 13.8. The summed E-state index contributed by atoms with van der Waals surface area (Å²) in [6, 6.07) is 7.79. The number of carbonyl (C=O) groups is 1. The summed E-state index contributed by atoms with van der Waals surface area (Å²) in [5.74, 6) is 1.49. The van der Waals surface area contributed by atoms with Crippen molar-refractivity contribution in [3.63, 3.8) is 0 Å². The van der Waals surface area contributed by atoms with Gasteiger partial charge in [0.1, 0.15) is 5.75 Å². The molecule has 1 aromatic rings. The van der Waals surface area contributed by atoms with Gasteiger partial charge in [-0.3, -0.25) is 10.1 Å². The molecule has 0 bridgehead atoms. The number of carbonyl (C=O) groups excluding carboxylic acids is 1. The maximum absolute atomic E-state index is 12.0. The van der Waals surface area contributed by atoms with Gasteiger partial charge in [0.15, 0.2) is 0 Å². The quantitative estimate of drug-likeness (QED) is 0.774. The van der Waals surface area contributed by atoms with Crippen molar-refractivity contribution in [2.45, 2.75) is 46.2 Å². The molecule has 1 unspecified atom stereocenters. The van der Waals surface area contributed by atoms with Crippen LogP contribution in [0.2, 0.25) is 0 Å². The number of hydrogen-bond acceptors (Lipinski definition) is 3. The van der Waals surface area contributed by atoms with Crippen LogP contribution in [0.5, 0.6) is 5.75 Å². The Kier molecular flexibility index (Phi) is 7.23. The molecule has 118 valence electrons. The SMILES string of the molecule is COc1ccc([C@@H](C)NC(C)C(=O)NCCC(C)C)cc1. The molecule has 0 spiro atoms. The molecule has 2 N–H and O–H groups in total. The van der Waals surface area contributed by atoms with E-state index in [0.29, 0.717) is 5.92 Å². The lowest BCUT2D eigenvalue weighted by Crippen LogP contribution is -2.43. The van der Waals surface area contributed by atoms with Crippen LogP contribution >= 0.6 is 0 Å². The van der Waals surface area contributed by atoms with Crippen molar-refractivity contribution in [1.29, 1.82) is 0 Å². The summed E-state index contributed by atoms with van der Waals surface area (Å²) < 4.78 is 5.15. The van der Waals surface area contributed by atoms with Crippen LogP contribution < -0.4 is 15.4 Å². The first kappa shape index (κ1) is 17.5. The Hall–Kier alpha value is -1.55. The van der Waals surface area contributed by atoms with Gasteiger partial charge in [-0.1, -0.05) is 26.0 Å². The molecule has 1 rings (SSSR count). The van der Waals surface area contributed by atoms with Gasteiger partial charge in [-0.15, -0.1) is 0 Å². The van der Waals surface area contributed by atoms with E-state index in [2.05, 4.69) is 31.4 Å². The average molecular weight is 292 g/mol. The molecule has 2 atom stereocenters. The van der Waals surface area contributed by atoms with Gasteiger partial charge < -0.3 is 10.1 Å². The highest BCUT2D eigenvalue weighted by molar-refractivity contribution is 5.81. The summed E-state index contributed by atoms with van der Waals surface area (Å²) in [5.41, 5.74) is 1.14. The van der Waals surface area contributed by atoms with E-state index < -0.39 is 0 Å². The molecule has 0 radical (unpaired) electrons. The molecular weight excluding hydrogens is 264 g/mol. The minimum Gasteiger partial charge on any atom is -0.497 e. The van der Waals surface area contributed by atoms with Crippen molar-refractivity contribution in [3.8, 4) is 5.75 Å². The lowest BCUT2D eigenvalue weighted by Gasteiger charge is -2.20. The molecule has 0 aliphatic carbocycles. The van der Waals surface area contributed by atoms with Crippen molar-refractivity contribution >= 4 is 5.91 Å². The summed E-state index contributed by atoms with van der Waals surface area (Å²) in [7, 11) is 1.65. The highest BCUT2D eigenvalue weighted by Crippen LogP contribution is 2.17. The molecule has 0 aliphatic heterocycles. The third-order valence-electron chi connectivity index (χ3n) is 3.53. The Labute approximate surface area is 128 Å². The first-order valence-corrected chi connectivity index (χ1v) is 7.61. The zero-order valence-corrected chi connectivity index (χ0v) is 13.8. The van der Waals surface area contributed by atoms with Gasteiger partial charge >= 0.3 is 0 Å². The van der Waals surface area contributed by atoms with Crippen LogP contribution in [0.1, 0.15) is 45.7 Å². The topological polar surface area (TPSA) is 50.4 Å². The van der Waals surface area contributed by atoms with E-state index in [1.54, 1.807) is 7.11 Å². The number of benzene rings is 1. The molecule has 1 amide bonds. The summed E-state index contributed by atoms with van der Waals surface area (Å²) in [6.07, 6.45) is 1.01. The van der Waals surface area contributed by atoms with Crippen LogP contribution in [0.15, 0.2) is 24.3 Å². The van der Waals surface area contributed by atoms with Gasteiger partial charge in [0.05, 0.1) is 13.2 Å². The Morgan fingerprint density at radius 1 is 1.14 bits per heavy atom. The second-order valence-electron chi connectivity index (χ2n) is 5.86. The molecule has 4 nitrogen and oxygen atoms in total. The highest BCUT2D eigenvalue weighted by Gasteiger charge is 2.15. The second kappa shape index (κ2) is 8.67. The maximum atomic E-state index is 12.0. The number of rotatable bonds is 8. The fourth-order valence-corrected chi connectivity index (χ4v) is 2.08. The van der Waals surface area contributed by atoms with Crippen molar-refractivity contribution in [2.24, 2.45) is 5.92 Å². The predicted octanol–water partition coefficient (Wildman–Crippen LogP) is 2.90. The highest BCUT2D eigenvalue weighted by atomic mass is 16.5. The maximum Gasteiger partial charge on any atom is 0.236 e. The number of hydrogen-bond donors (Lipinski definition) is 2. The summed E-state index contributed by atoms with van der Waals surface area (Å²) >= 11 is 0. The van der Waals surface area contributed by atoms with Gasteiger partial charge in [-0.25, -0.2) is 0 Å². The third-order valence-corrected chi connectivity index (χ3v) is 3.53. The molecule has 0 aromatic heterocycles. The smallest absolute Gasteiger partial charge is 0.236 e. The van der Waals surface area contributed by atoms with Gasteiger partial charge in [0.25, 0.3) is 0 Å². The fourth-order valence-electron chi connectivity index (χ4n) is 2.08. The first-order valence-electron chi connectivity index (χ1n) is 7.61. The van der Waals surface area contributed by atoms with Crippen LogP contribution in [-0.4, -0.2) is 25.6 Å². The summed E-state index contributed by atoms with van der Waals surface area (Å²) in [5, 5.41) is 6.29. The van der Waals surface area contributed by atoms with Crippen LogP contribution in [0.3, 0.4) is 0 Å². The molecule has 0 aliphatic rings. The zero-order chi connectivity index (χ0) is 15.8. The molecule has 21 heavy (non-hydrogen) atoms. The van der Waals surface area contributed by atoms with E-state index in [1.165, 1.54) is 0 Å². The van der Waals surface area contributed by atoms with E-state index >= 15 is 0 Å². The minimum atomic E-state index is -0.214. The van der Waals surface area contributed by atoms with Crippen molar-refractivity contribution in [2.75, 3.05) is 13.7 Å². The Balaban J connectivity index is 2.44. The molecule has 0 heterocycles.